The molecule has 0 saturated heterocycles. The maximum atomic E-state index is 12.2. The normalized spacial score (nSPS) is 11.5. The number of aromatic nitrogens is 2. The molecule has 0 aliphatic heterocycles. The van der Waals surface area contributed by atoms with Crippen LogP contribution in [-0.4, -0.2) is 42.0 Å². The fraction of sp³-hybridized carbons (Fsp3) is 0.471. The number of methoxy groups -OCH3 is 1. The van der Waals surface area contributed by atoms with Crippen molar-refractivity contribution in [1.82, 2.24) is 15.3 Å². The van der Waals surface area contributed by atoms with E-state index in [1.165, 1.54) is 0 Å². The topological polar surface area (TPSA) is 96.1 Å². The predicted octanol–water partition coefficient (Wildman–Crippen LogP) is 2.31. The number of carbonyl (C=O) groups is 2. The highest BCUT2D eigenvalue weighted by atomic mass is 16.5. The minimum absolute atomic E-state index is 0.0784. The van der Waals surface area contributed by atoms with E-state index in [0.29, 0.717) is 41.9 Å². The van der Waals surface area contributed by atoms with Crippen molar-refractivity contribution in [2.75, 3.05) is 25.6 Å². The van der Waals surface area contributed by atoms with Gasteiger partial charge in [-0.25, -0.2) is 4.98 Å². The molecule has 0 fully saturated rings. The molecule has 0 saturated carbocycles. The van der Waals surface area contributed by atoms with Crippen LogP contribution in [0.3, 0.4) is 0 Å². The molecule has 130 valence electrons. The molecule has 2 heterocycles. The fourth-order valence-electron chi connectivity index (χ4n) is 2.31. The van der Waals surface area contributed by atoms with Crippen LogP contribution < -0.4 is 10.6 Å². The molecule has 0 spiro atoms. The second kappa shape index (κ2) is 7.44. The first kappa shape index (κ1) is 17.9. The molecule has 0 unspecified atom stereocenters. The van der Waals surface area contributed by atoms with Crippen LogP contribution in [0.5, 0.6) is 0 Å². The summed E-state index contributed by atoms with van der Waals surface area (Å²) in [6, 6.07) is 1.75. The van der Waals surface area contributed by atoms with Gasteiger partial charge in [0, 0.05) is 31.7 Å². The molecule has 0 radical (unpaired) electrons. The minimum Gasteiger partial charge on any atom is -0.383 e. The van der Waals surface area contributed by atoms with Gasteiger partial charge in [-0.2, -0.15) is 0 Å². The van der Waals surface area contributed by atoms with E-state index in [1.807, 2.05) is 20.8 Å². The molecule has 2 aromatic heterocycles. The monoisotopic (exact) mass is 332 g/mol. The summed E-state index contributed by atoms with van der Waals surface area (Å²) in [5.74, 6) is -0.288. The van der Waals surface area contributed by atoms with Gasteiger partial charge in [0.25, 0.3) is 5.91 Å². The number of H-pyrrole nitrogens is 1. The van der Waals surface area contributed by atoms with Crippen molar-refractivity contribution in [3.05, 3.63) is 24.0 Å². The summed E-state index contributed by atoms with van der Waals surface area (Å²) in [7, 11) is 1.58. The van der Waals surface area contributed by atoms with Crippen LogP contribution in [0.15, 0.2) is 18.5 Å². The van der Waals surface area contributed by atoms with E-state index in [2.05, 4.69) is 20.6 Å². The standard InChI is InChI=1S/C17H24N4O3/c1-17(2,3)8-14(22)21-11-7-12-13(10-20-15(12)19-9-11)16(23)18-5-6-24-4/h7,9-10H,5-6,8H2,1-4H3,(H,18,23)(H,19,20)(H,21,22). The van der Waals surface area contributed by atoms with Gasteiger partial charge in [-0.3, -0.25) is 9.59 Å². The number of anilines is 1. The van der Waals surface area contributed by atoms with E-state index in [-0.39, 0.29) is 17.2 Å². The number of hydrogen-bond acceptors (Lipinski definition) is 4. The first-order valence-corrected chi connectivity index (χ1v) is 7.84. The third-order valence-corrected chi connectivity index (χ3v) is 3.34. The Hall–Kier alpha value is -2.41. The summed E-state index contributed by atoms with van der Waals surface area (Å²) in [6.07, 6.45) is 3.59. The molecule has 24 heavy (non-hydrogen) atoms. The van der Waals surface area contributed by atoms with E-state index >= 15 is 0 Å². The Bertz CT molecular complexity index is 731. The van der Waals surface area contributed by atoms with Gasteiger partial charge >= 0.3 is 0 Å². The van der Waals surface area contributed by atoms with Gasteiger partial charge in [-0.1, -0.05) is 20.8 Å². The van der Waals surface area contributed by atoms with Crippen LogP contribution in [0.25, 0.3) is 11.0 Å². The van der Waals surface area contributed by atoms with Crippen LogP contribution in [0.4, 0.5) is 5.69 Å². The van der Waals surface area contributed by atoms with E-state index in [4.69, 9.17) is 4.74 Å². The van der Waals surface area contributed by atoms with E-state index in [0.717, 1.165) is 0 Å². The van der Waals surface area contributed by atoms with Crippen molar-refractivity contribution >= 4 is 28.5 Å². The van der Waals surface area contributed by atoms with Gasteiger partial charge in [-0.05, 0) is 11.5 Å². The Morgan fingerprint density at radius 1 is 1.33 bits per heavy atom. The number of carbonyl (C=O) groups excluding carboxylic acids is 2. The van der Waals surface area contributed by atoms with Crippen molar-refractivity contribution in [3.8, 4) is 0 Å². The Balaban J connectivity index is 2.16. The Kier molecular flexibility index (Phi) is 5.56. The smallest absolute Gasteiger partial charge is 0.253 e. The Labute approximate surface area is 141 Å². The molecule has 0 atom stereocenters. The molecular weight excluding hydrogens is 308 g/mol. The number of ether oxygens (including phenoxy) is 1. The van der Waals surface area contributed by atoms with Crippen LogP contribution >= 0.6 is 0 Å². The largest absolute Gasteiger partial charge is 0.383 e. The molecule has 0 aliphatic carbocycles. The van der Waals surface area contributed by atoms with Crippen LogP contribution in [0, 0.1) is 5.41 Å². The molecule has 7 nitrogen and oxygen atoms in total. The lowest BCUT2D eigenvalue weighted by molar-refractivity contribution is -0.117. The zero-order valence-corrected chi connectivity index (χ0v) is 14.5. The molecule has 3 N–H and O–H groups in total. The number of aromatic amines is 1. The SMILES string of the molecule is COCCNC(=O)c1c[nH]c2ncc(NC(=O)CC(C)(C)C)cc12. The highest BCUT2D eigenvalue weighted by Gasteiger charge is 2.17. The lowest BCUT2D eigenvalue weighted by atomic mass is 9.92. The van der Waals surface area contributed by atoms with Crippen molar-refractivity contribution < 1.29 is 14.3 Å². The van der Waals surface area contributed by atoms with Gasteiger partial charge in [0.15, 0.2) is 0 Å². The lowest BCUT2D eigenvalue weighted by Crippen LogP contribution is -2.26. The molecule has 2 rings (SSSR count). The molecule has 0 bridgehead atoms. The van der Waals surface area contributed by atoms with Crippen LogP contribution in [-0.2, 0) is 9.53 Å². The number of nitrogens with zero attached hydrogens (tertiary/aromatic N) is 1. The molecule has 2 aromatic rings. The average molecular weight is 332 g/mol. The first-order chi connectivity index (χ1) is 11.3. The average Bonchev–Trinajstić information content (AvgIpc) is 2.88. The van der Waals surface area contributed by atoms with Crippen LogP contribution in [0.2, 0.25) is 0 Å². The van der Waals surface area contributed by atoms with E-state index < -0.39 is 0 Å². The Morgan fingerprint density at radius 3 is 2.75 bits per heavy atom. The highest BCUT2D eigenvalue weighted by molar-refractivity contribution is 6.07. The zero-order chi connectivity index (χ0) is 17.7. The van der Waals surface area contributed by atoms with Crippen molar-refractivity contribution in [2.45, 2.75) is 27.2 Å². The van der Waals surface area contributed by atoms with Crippen molar-refractivity contribution in [1.29, 1.82) is 0 Å². The Morgan fingerprint density at radius 2 is 2.08 bits per heavy atom. The predicted molar refractivity (Wildman–Crippen MR) is 93.0 cm³/mol. The van der Waals surface area contributed by atoms with Gasteiger partial charge in [0.05, 0.1) is 24.1 Å². The number of pyridine rings is 1. The molecule has 7 heteroatoms. The number of amides is 2. The number of hydrogen-bond donors (Lipinski definition) is 3. The first-order valence-electron chi connectivity index (χ1n) is 7.84. The van der Waals surface area contributed by atoms with Crippen LogP contribution in [0.1, 0.15) is 37.6 Å². The third-order valence-electron chi connectivity index (χ3n) is 3.34. The number of rotatable bonds is 6. The number of fused-ring (bicyclic) bond motifs is 1. The van der Waals surface area contributed by atoms with Crippen molar-refractivity contribution in [2.24, 2.45) is 5.41 Å². The summed E-state index contributed by atoms with van der Waals surface area (Å²) in [4.78, 5) is 31.5. The zero-order valence-electron chi connectivity index (χ0n) is 14.5. The van der Waals surface area contributed by atoms with Gasteiger partial charge in [0.1, 0.15) is 5.65 Å². The van der Waals surface area contributed by atoms with Gasteiger partial charge < -0.3 is 20.4 Å². The second-order valence-corrected chi connectivity index (χ2v) is 6.86. The maximum Gasteiger partial charge on any atom is 0.253 e. The van der Waals surface area contributed by atoms with Gasteiger partial charge in [0.2, 0.25) is 5.91 Å². The minimum atomic E-state index is -0.210. The molecule has 0 aliphatic rings. The quantitative estimate of drug-likeness (QED) is 0.707. The van der Waals surface area contributed by atoms with Crippen molar-refractivity contribution in [3.63, 3.8) is 0 Å². The summed E-state index contributed by atoms with van der Waals surface area (Å²) in [5, 5.41) is 6.27. The fourth-order valence-corrected chi connectivity index (χ4v) is 2.31. The summed E-state index contributed by atoms with van der Waals surface area (Å²) in [5.41, 5.74) is 1.56. The summed E-state index contributed by atoms with van der Waals surface area (Å²) >= 11 is 0. The molecule has 0 aromatic carbocycles. The third kappa shape index (κ3) is 4.79. The lowest BCUT2D eigenvalue weighted by Gasteiger charge is -2.17. The summed E-state index contributed by atoms with van der Waals surface area (Å²) in [6.45, 7) is 6.88. The van der Waals surface area contributed by atoms with E-state index in [9.17, 15) is 9.59 Å². The molecule has 2 amide bonds. The van der Waals surface area contributed by atoms with Gasteiger partial charge in [-0.15, -0.1) is 0 Å². The molecular formula is C17H24N4O3. The summed E-state index contributed by atoms with van der Waals surface area (Å²) < 4.78 is 4.92. The number of nitrogens with one attached hydrogen (secondary N) is 3. The maximum absolute atomic E-state index is 12.2. The highest BCUT2D eigenvalue weighted by Crippen LogP contribution is 2.22. The van der Waals surface area contributed by atoms with E-state index in [1.54, 1.807) is 25.6 Å². The second-order valence-electron chi connectivity index (χ2n) is 6.86.